The van der Waals surface area contributed by atoms with Gasteiger partial charge < -0.3 is 19.7 Å². The zero-order valence-corrected chi connectivity index (χ0v) is 23.4. The summed E-state index contributed by atoms with van der Waals surface area (Å²) in [6, 6.07) is 30.3. The molecule has 42 heavy (non-hydrogen) atoms. The summed E-state index contributed by atoms with van der Waals surface area (Å²) in [7, 11) is 0. The molecule has 3 heterocycles. The number of anilines is 1. The van der Waals surface area contributed by atoms with E-state index >= 15 is 0 Å². The number of fused-ring (bicyclic) bond motifs is 2. The van der Waals surface area contributed by atoms with Crippen LogP contribution in [0.1, 0.15) is 33.1 Å². The summed E-state index contributed by atoms with van der Waals surface area (Å²) < 4.78 is 13.4. The van der Waals surface area contributed by atoms with E-state index in [2.05, 4.69) is 53.2 Å². The van der Waals surface area contributed by atoms with E-state index in [1.54, 1.807) is 17.0 Å². The second-order valence-electron chi connectivity index (χ2n) is 11.1. The highest BCUT2D eigenvalue weighted by Gasteiger charge is 2.41. The molecule has 0 unspecified atom stereocenters. The number of hydrogen-bond acceptors (Lipinski definition) is 3. The Kier molecular flexibility index (Phi) is 6.50. The van der Waals surface area contributed by atoms with Crippen molar-refractivity contribution in [1.29, 1.82) is 0 Å². The zero-order chi connectivity index (χ0) is 28.8. The second kappa shape index (κ2) is 10.5. The number of nitrogens with zero attached hydrogens (tertiary/aromatic N) is 3. The summed E-state index contributed by atoms with van der Waals surface area (Å²) in [5.74, 6) is -0.468. The normalized spacial score (nSPS) is 16.8. The van der Waals surface area contributed by atoms with Crippen molar-refractivity contribution < 1.29 is 14.0 Å². The molecule has 5 aromatic rings. The summed E-state index contributed by atoms with van der Waals surface area (Å²) in [6.07, 6.45) is 0. The highest BCUT2D eigenvalue weighted by atomic mass is 19.1. The molecular formula is C35H31FN4O2. The lowest BCUT2D eigenvalue weighted by Crippen LogP contribution is -2.51. The minimum absolute atomic E-state index is 0.0123. The van der Waals surface area contributed by atoms with E-state index < -0.39 is 6.04 Å². The molecule has 2 aliphatic rings. The van der Waals surface area contributed by atoms with Crippen LogP contribution in [0.3, 0.4) is 0 Å². The van der Waals surface area contributed by atoms with Crippen LogP contribution in [0.5, 0.6) is 0 Å². The van der Waals surface area contributed by atoms with Gasteiger partial charge in [0.05, 0.1) is 11.7 Å². The average molecular weight is 559 g/mol. The molecule has 0 saturated carbocycles. The number of amides is 2. The third-order valence-corrected chi connectivity index (χ3v) is 8.55. The maximum Gasteiger partial charge on any atom is 0.255 e. The maximum absolute atomic E-state index is 13.9. The van der Waals surface area contributed by atoms with Crippen LogP contribution in [0, 0.1) is 12.7 Å². The van der Waals surface area contributed by atoms with Crippen LogP contribution in [-0.4, -0.2) is 59.3 Å². The molecule has 7 rings (SSSR count). The van der Waals surface area contributed by atoms with Crippen molar-refractivity contribution in [3.8, 4) is 11.3 Å². The Hall–Kier alpha value is -4.91. The van der Waals surface area contributed by atoms with Gasteiger partial charge in [-0.25, -0.2) is 4.39 Å². The van der Waals surface area contributed by atoms with Gasteiger partial charge in [0.1, 0.15) is 12.4 Å². The number of aromatic amines is 1. The van der Waals surface area contributed by atoms with Crippen LogP contribution < -0.4 is 4.90 Å². The first kappa shape index (κ1) is 26.0. The van der Waals surface area contributed by atoms with Crippen molar-refractivity contribution in [2.75, 3.05) is 37.6 Å². The van der Waals surface area contributed by atoms with Crippen LogP contribution in [-0.2, 0) is 4.79 Å². The quantitative estimate of drug-likeness (QED) is 0.280. The predicted octanol–water partition coefficient (Wildman–Crippen LogP) is 6.18. The molecule has 1 aromatic heterocycles. The summed E-state index contributed by atoms with van der Waals surface area (Å²) in [5, 5.41) is 1.04. The number of rotatable bonds is 5. The number of piperazine rings is 1. The summed E-state index contributed by atoms with van der Waals surface area (Å²) in [4.78, 5) is 37.0. The third-order valence-electron chi connectivity index (χ3n) is 8.55. The van der Waals surface area contributed by atoms with Gasteiger partial charge in [-0.3, -0.25) is 9.59 Å². The van der Waals surface area contributed by atoms with E-state index in [1.807, 2.05) is 41.3 Å². The summed E-state index contributed by atoms with van der Waals surface area (Å²) in [5.41, 5.74) is 7.64. The van der Waals surface area contributed by atoms with Crippen LogP contribution in [0.4, 0.5) is 10.1 Å². The maximum atomic E-state index is 13.9. The monoisotopic (exact) mass is 558 g/mol. The van der Waals surface area contributed by atoms with Crippen molar-refractivity contribution in [1.82, 2.24) is 14.8 Å². The Morgan fingerprint density at radius 3 is 2.31 bits per heavy atom. The number of aromatic nitrogens is 1. The van der Waals surface area contributed by atoms with Crippen LogP contribution in [0.25, 0.3) is 22.2 Å². The minimum Gasteiger partial charge on any atom is -0.368 e. The molecule has 1 N–H and O–H groups in total. The first-order valence-electron chi connectivity index (χ1n) is 14.3. The van der Waals surface area contributed by atoms with Crippen molar-refractivity contribution >= 4 is 28.4 Å². The van der Waals surface area contributed by atoms with Crippen LogP contribution >= 0.6 is 0 Å². The standard InChI is InChI=1S/C35H31FN4O2/c1-23-10-12-24(13-11-23)33-32(29-8-4-5-9-30(29)37-33)34-27-6-2-3-7-28(27)35(42)40(34)22-31(41)39-20-18-38(19-21-39)26-16-14-25(36)15-17-26/h2-17,34,37H,18-22H2,1H3/t34-/m1/s1. The molecule has 0 bridgehead atoms. The Labute approximate surface area is 244 Å². The largest absolute Gasteiger partial charge is 0.368 e. The average Bonchev–Trinajstić information content (AvgIpc) is 3.53. The van der Waals surface area contributed by atoms with E-state index in [-0.39, 0.29) is 24.2 Å². The molecule has 6 nitrogen and oxygen atoms in total. The zero-order valence-electron chi connectivity index (χ0n) is 23.4. The van der Waals surface area contributed by atoms with Gasteiger partial charge in [0.15, 0.2) is 0 Å². The lowest BCUT2D eigenvalue weighted by atomic mass is 9.93. The summed E-state index contributed by atoms with van der Waals surface area (Å²) >= 11 is 0. The van der Waals surface area contributed by atoms with Gasteiger partial charge in [-0.05, 0) is 54.4 Å². The van der Waals surface area contributed by atoms with E-state index in [4.69, 9.17) is 0 Å². The number of benzene rings is 4. The molecular weight excluding hydrogens is 527 g/mol. The SMILES string of the molecule is Cc1ccc(-c2[nH]c3ccccc3c2[C@H]2c3ccccc3C(=O)N2CC(=O)N2CCN(c3ccc(F)cc3)CC2)cc1. The van der Waals surface area contributed by atoms with Gasteiger partial charge >= 0.3 is 0 Å². The Bertz CT molecular complexity index is 1790. The number of carbonyl (C=O) groups is 2. The number of hydrogen-bond donors (Lipinski definition) is 1. The fourth-order valence-electron chi connectivity index (χ4n) is 6.35. The topological polar surface area (TPSA) is 59.7 Å². The Morgan fingerprint density at radius 2 is 1.55 bits per heavy atom. The Morgan fingerprint density at radius 1 is 0.857 bits per heavy atom. The lowest BCUT2D eigenvalue weighted by molar-refractivity contribution is -0.132. The smallest absolute Gasteiger partial charge is 0.255 e. The van der Waals surface area contributed by atoms with E-state index in [9.17, 15) is 14.0 Å². The Balaban J connectivity index is 1.22. The van der Waals surface area contributed by atoms with Gasteiger partial charge in [-0.2, -0.15) is 0 Å². The van der Waals surface area contributed by atoms with E-state index in [0.717, 1.165) is 39.0 Å². The first-order chi connectivity index (χ1) is 20.5. The fraction of sp³-hybridized carbons (Fsp3) is 0.200. The predicted molar refractivity (Wildman–Crippen MR) is 163 cm³/mol. The molecule has 0 aliphatic carbocycles. The van der Waals surface area contributed by atoms with Crippen molar-refractivity contribution in [3.63, 3.8) is 0 Å². The fourth-order valence-corrected chi connectivity index (χ4v) is 6.35. The highest BCUT2D eigenvalue weighted by molar-refractivity contribution is 6.03. The molecule has 2 amide bonds. The number of halogens is 1. The highest BCUT2D eigenvalue weighted by Crippen LogP contribution is 2.45. The number of carbonyl (C=O) groups excluding carboxylic acids is 2. The van der Waals surface area contributed by atoms with E-state index in [1.165, 1.54) is 17.7 Å². The molecule has 1 fully saturated rings. The van der Waals surface area contributed by atoms with Gasteiger partial charge in [-0.1, -0.05) is 66.2 Å². The lowest BCUT2D eigenvalue weighted by Gasteiger charge is -2.37. The number of para-hydroxylation sites is 1. The van der Waals surface area contributed by atoms with Crippen molar-refractivity contribution in [3.05, 3.63) is 125 Å². The molecule has 2 aliphatic heterocycles. The molecule has 210 valence electrons. The first-order valence-corrected chi connectivity index (χ1v) is 14.3. The summed E-state index contributed by atoms with van der Waals surface area (Å²) in [6.45, 7) is 4.43. The van der Waals surface area contributed by atoms with Crippen molar-refractivity contribution in [2.45, 2.75) is 13.0 Å². The molecule has 0 spiro atoms. The molecule has 0 radical (unpaired) electrons. The van der Waals surface area contributed by atoms with Crippen LogP contribution in [0.2, 0.25) is 0 Å². The van der Waals surface area contributed by atoms with Gasteiger partial charge in [0.25, 0.3) is 5.91 Å². The van der Waals surface area contributed by atoms with Crippen molar-refractivity contribution in [2.24, 2.45) is 0 Å². The van der Waals surface area contributed by atoms with Gasteiger partial charge in [-0.15, -0.1) is 0 Å². The van der Waals surface area contributed by atoms with E-state index in [0.29, 0.717) is 31.7 Å². The third kappa shape index (κ3) is 4.51. The number of aryl methyl sites for hydroxylation is 1. The molecule has 7 heteroatoms. The van der Waals surface area contributed by atoms with Gasteiger partial charge in [0, 0.05) is 53.9 Å². The van der Waals surface area contributed by atoms with Crippen LogP contribution in [0.15, 0.2) is 97.1 Å². The molecule has 1 saturated heterocycles. The minimum atomic E-state index is -0.411. The molecule has 1 atom stereocenters. The van der Waals surface area contributed by atoms with Gasteiger partial charge in [0.2, 0.25) is 5.91 Å². The molecule has 4 aromatic carbocycles. The number of H-pyrrole nitrogens is 1. The second-order valence-corrected chi connectivity index (χ2v) is 11.1. The number of nitrogens with one attached hydrogen (secondary N) is 1.